The molecule has 0 saturated heterocycles. The van der Waals surface area contributed by atoms with Gasteiger partial charge in [-0.2, -0.15) is 0 Å². The van der Waals surface area contributed by atoms with E-state index in [1.807, 2.05) is 0 Å². The Morgan fingerprint density at radius 1 is 1.06 bits per heavy atom. The monoisotopic (exact) mass is 236 g/mol. The summed E-state index contributed by atoms with van der Waals surface area (Å²) in [5.41, 5.74) is 0.726. The summed E-state index contributed by atoms with van der Waals surface area (Å²) in [6, 6.07) is 5.22. The highest BCUT2D eigenvalue weighted by Gasteiger charge is 2.06. The Morgan fingerprint density at radius 3 is 2.38 bits per heavy atom. The lowest BCUT2D eigenvalue weighted by atomic mass is 10.2. The van der Waals surface area contributed by atoms with Crippen LogP contribution in [0.5, 0.6) is 5.75 Å². The number of nitrogens with zero attached hydrogens (tertiary/aromatic N) is 4. The Morgan fingerprint density at radius 2 is 1.75 bits per heavy atom. The second-order valence-corrected chi connectivity index (χ2v) is 3.59. The molecule has 0 amide bonds. The number of aryl methyl sites for hydroxylation is 1. The van der Waals surface area contributed by atoms with Gasteiger partial charge in [0.05, 0.1) is 7.11 Å². The van der Waals surface area contributed by atoms with Gasteiger partial charge in [0, 0.05) is 10.6 Å². The minimum atomic E-state index is 0.423. The van der Waals surface area contributed by atoms with Crippen molar-refractivity contribution in [1.29, 1.82) is 0 Å². The molecule has 0 radical (unpaired) electrons. The summed E-state index contributed by atoms with van der Waals surface area (Å²) in [7, 11) is 1.57. The quantitative estimate of drug-likeness (QED) is 0.797. The molecule has 2 aromatic rings. The zero-order chi connectivity index (χ0) is 11.5. The molecule has 0 unspecified atom stereocenters. The average Bonchev–Trinajstić information content (AvgIpc) is 2.29. The van der Waals surface area contributed by atoms with Crippen LogP contribution < -0.4 is 4.74 Å². The Labute approximate surface area is 97.5 Å². The Bertz CT molecular complexity index is 501. The normalized spacial score (nSPS) is 10.2. The lowest BCUT2D eigenvalue weighted by Crippen LogP contribution is -1.98. The molecule has 1 aromatic heterocycles. The molecule has 0 aliphatic heterocycles. The lowest BCUT2D eigenvalue weighted by Gasteiger charge is -2.03. The first-order chi connectivity index (χ1) is 7.69. The molecule has 0 saturated carbocycles. The van der Waals surface area contributed by atoms with Crippen molar-refractivity contribution in [1.82, 2.24) is 20.4 Å². The summed E-state index contributed by atoms with van der Waals surface area (Å²) in [5, 5.41) is 16.1. The SMILES string of the molecule is COc1cc(Cl)cc(-c2nnc(C)nn2)c1. The van der Waals surface area contributed by atoms with Gasteiger partial charge in [-0.1, -0.05) is 11.6 Å². The first kappa shape index (κ1) is 10.8. The van der Waals surface area contributed by atoms with Crippen LogP contribution in [0.25, 0.3) is 11.4 Å². The Kier molecular flexibility index (Phi) is 2.96. The molecule has 0 fully saturated rings. The molecule has 16 heavy (non-hydrogen) atoms. The van der Waals surface area contributed by atoms with Gasteiger partial charge in [-0.15, -0.1) is 20.4 Å². The van der Waals surface area contributed by atoms with E-state index in [9.17, 15) is 0 Å². The van der Waals surface area contributed by atoms with E-state index in [1.54, 1.807) is 32.2 Å². The number of rotatable bonds is 2. The highest BCUT2D eigenvalue weighted by molar-refractivity contribution is 6.31. The van der Waals surface area contributed by atoms with Gasteiger partial charge >= 0.3 is 0 Å². The fraction of sp³-hybridized carbons (Fsp3) is 0.200. The molecule has 82 valence electrons. The summed E-state index contributed by atoms with van der Waals surface area (Å²) >= 11 is 5.93. The van der Waals surface area contributed by atoms with Gasteiger partial charge in [-0.05, 0) is 25.1 Å². The van der Waals surface area contributed by atoms with Gasteiger partial charge in [0.1, 0.15) is 5.75 Å². The number of ether oxygens (including phenoxy) is 1. The summed E-state index contributed by atoms with van der Waals surface area (Å²) in [6.45, 7) is 1.72. The van der Waals surface area contributed by atoms with Gasteiger partial charge < -0.3 is 4.74 Å². The number of aromatic nitrogens is 4. The third kappa shape index (κ3) is 2.25. The summed E-state index contributed by atoms with van der Waals surface area (Å²) < 4.78 is 5.10. The van der Waals surface area contributed by atoms with Crippen molar-refractivity contribution in [3.63, 3.8) is 0 Å². The fourth-order valence-corrected chi connectivity index (χ4v) is 1.43. The predicted octanol–water partition coefficient (Wildman–Crippen LogP) is 1.90. The van der Waals surface area contributed by atoms with E-state index in [-0.39, 0.29) is 0 Å². The van der Waals surface area contributed by atoms with Crippen molar-refractivity contribution >= 4 is 11.6 Å². The second-order valence-electron chi connectivity index (χ2n) is 3.15. The number of benzene rings is 1. The predicted molar refractivity (Wildman–Crippen MR) is 59.4 cm³/mol. The van der Waals surface area contributed by atoms with Crippen molar-refractivity contribution in [2.45, 2.75) is 6.92 Å². The van der Waals surface area contributed by atoms with Crippen LogP contribution in [0.3, 0.4) is 0 Å². The number of hydrogen-bond donors (Lipinski definition) is 0. The van der Waals surface area contributed by atoms with Crippen molar-refractivity contribution in [3.8, 4) is 17.1 Å². The molecule has 0 atom stereocenters. The van der Waals surface area contributed by atoms with E-state index in [4.69, 9.17) is 16.3 Å². The fourth-order valence-electron chi connectivity index (χ4n) is 1.20. The number of hydrogen-bond acceptors (Lipinski definition) is 5. The van der Waals surface area contributed by atoms with Crippen molar-refractivity contribution in [2.24, 2.45) is 0 Å². The lowest BCUT2D eigenvalue weighted by molar-refractivity contribution is 0.415. The first-order valence-electron chi connectivity index (χ1n) is 4.58. The standard InChI is InChI=1S/C10H9ClN4O/c1-6-12-14-10(15-13-6)7-3-8(11)5-9(4-7)16-2/h3-5H,1-2H3. The maximum atomic E-state index is 5.93. The highest BCUT2D eigenvalue weighted by Crippen LogP contribution is 2.25. The van der Waals surface area contributed by atoms with Crippen LogP contribution in [-0.2, 0) is 0 Å². The van der Waals surface area contributed by atoms with Crippen molar-refractivity contribution < 1.29 is 4.74 Å². The molecule has 5 nitrogen and oxygen atoms in total. The third-order valence-electron chi connectivity index (χ3n) is 1.94. The molecule has 0 spiro atoms. The molecule has 0 aliphatic carbocycles. The average molecular weight is 237 g/mol. The molecular weight excluding hydrogens is 228 g/mol. The topological polar surface area (TPSA) is 60.8 Å². The minimum absolute atomic E-state index is 0.423. The largest absolute Gasteiger partial charge is 0.497 e. The van der Waals surface area contributed by atoms with E-state index in [2.05, 4.69) is 20.4 Å². The maximum Gasteiger partial charge on any atom is 0.203 e. The van der Waals surface area contributed by atoms with Crippen LogP contribution in [0.4, 0.5) is 0 Å². The molecule has 0 N–H and O–H groups in total. The van der Waals surface area contributed by atoms with Crippen LogP contribution in [0.2, 0.25) is 5.02 Å². The third-order valence-corrected chi connectivity index (χ3v) is 2.16. The van der Waals surface area contributed by atoms with E-state index >= 15 is 0 Å². The molecule has 1 aromatic carbocycles. The van der Waals surface area contributed by atoms with Crippen molar-refractivity contribution in [2.75, 3.05) is 7.11 Å². The second kappa shape index (κ2) is 4.40. The van der Waals surface area contributed by atoms with Gasteiger partial charge in [0.2, 0.25) is 5.82 Å². The van der Waals surface area contributed by atoms with E-state index in [0.717, 1.165) is 5.56 Å². The molecule has 1 heterocycles. The molecule has 0 bridgehead atoms. The summed E-state index contributed by atoms with van der Waals surface area (Å²) in [4.78, 5) is 0. The maximum absolute atomic E-state index is 5.93. The van der Waals surface area contributed by atoms with Gasteiger partial charge in [0.25, 0.3) is 0 Å². The molecule has 2 rings (SSSR count). The highest BCUT2D eigenvalue weighted by atomic mass is 35.5. The first-order valence-corrected chi connectivity index (χ1v) is 4.96. The van der Waals surface area contributed by atoms with Crippen LogP contribution >= 0.6 is 11.6 Å². The van der Waals surface area contributed by atoms with Crippen molar-refractivity contribution in [3.05, 3.63) is 29.0 Å². The minimum Gasteiger partial charge on any atom is -0.497 e. The molecular formula is C10H9ClN4O. The number of halogens is 1. The molecule has 0 aliphatic rings. The van der Waals surface area contributed by atoms with E-state index < -0.39 is 0 Å². The zero-order valence-corrected chi connectivity index (χ0v) is 9.56. The smallest absolute Gasteiger partial charge is 0.203 e. The Hall–Kier alpha value is -1.75. The zero-order valence-electron chi connectivity index (χ0n) is 8.81. The van der Waals surface area contributed by atoms with Crippen LogP contribution in [0.15, 0.2) is 18.2 Å². The van der Waals surface area contributed by atoms with Crippen LogP contribution in [-0.4, -0.2) is 27.5 Å². The van der Waals surface area contributed by atoms with E-state index in [1.165, 1.54) is 0 Å². The van der Waals surface area contributed by atoms with Gasteiger partial charge in [-0.25, -0.2) is 0 Å². The molecule has 6 heteroatoms. The van der Waals surface area contributed by atoms with Crippen LogP contribution in [0.1, 0.15) is 5.82 Å². The summed E-state index contributed by atoms with van der Waals surface area (Å²) in [6.07, 6.45) is 0. The van der Waals surface area contributed by atoms with Gasteiger partial charge in [0.15, 0.2) is 5.82 Å². The van der Waals surface area contributed by atoms with Crippen LogP contribution in [0, 0.1) is 6.92 Å². The number of methoxy groups -OCH3 is 1. The summed E-state index contributed by atoms with van der Waals surface area (Å²) in [5.74, 6) is 1.59. The van der Waals surface area contributed by atoms with Gasteiger partial charge in [-0.3, -0.25) is 0 Å². The van der Waals surface area contributed by atoms with E-state index in [0.29, 0.717) is 22.4 Å². The Balaban J connectivity index is 2.47.